The van der Waals surface area contributed by atoms with Gasteiger partial charge in [0.15, 0.2) is 0 Å². The molecule has 1 aromatic heterocycles. The van der Waals surface area contributed by atoms with Gasteiger partial charge in [0, 0.05) is 18.5 Å². The summed E-state index contributed by atoms with van der Waals surface area (Å²) in [6.07, 6.45) is 3.03. The summed E-state index contributed by atoms with van der Waals surface area (Å²) in [5, 5.41) is 0.771. The Morgan fingerprint density at radius 3 is 2.50 bits per heavy atom. The van der Waals surface area contributed by atoms with E-state index in [0.717, 1.165) is 47.7 Å². The molecule has 0 saturated carbocycles. The summed E-state index contributed by atoms with van der Waals surface area (Å²) in [4.78, 5) is 4.88. The third-order valence-corrected chi connectivity index (χ3v) is 4.69. The van der Waals surface area contributed by atoms with Crippen LogP contribution in [0, 0.1) is 0 Å². The van der Waals surface area contributed by atoms with Crippen molar-refractivity contribution in [3.05, 3.63) is 29.0 Å². The Labute approximate surface area is 126 Å². The normalized spacial score (nSPS) is 12.2. The van der Waals surface area contributed by atoms with E-state index < -0.39 is 0 Å². The van der Waals surface area contributed by atoms with Gasteiger partial charge in [-0.05, 0) is 31.4 Å². The minimum absolute atomic E-state index is 0.0580. The van der Waals surface area contributed by atoms with Gasteiger partial charge >= 0.3 is 0 Å². The lowest BCUT2D eigenvalue weighted by atomic mass is 9.81. The summed E-state index contributed by atoms with van der Waals surface area (Å²) < 4.78 is 2.28. The van der Waals surface area contributed by atoms with Crippen LogP contribution < -0.4 is 5.73 Å². The predicted molar refractivity (Wildman–Crippen MR) is 86.3 cm³/mol. The van der Waals surface area contributed by atoms with Crippen molar-refractivity contribution in [3.63, 3.8) is 0 Å². The molecule has 1 heterocycles. The summed E-state index contributed by atoms with van der Waals surface area (Å²) in [6.45, 7) is 8.09. The number of aryl methyl sites for hydroxylation is 1. The van der Waals surface area contributed by atoms with Crippen LogP contribution in [0.1, 0.15) is 45.9 Å². The SMILES string of the molecule is CCCn1c(C(CC)(CC)CN)nc2cccc(Cl)c21. The van der Waals surface area contributed by atoms with E-state index in [4.69, 9.17) is 22.3 Å². The molecule has 0 radical (unpaired) electrons. The standard InChI is InChI=1S/C16H24ClN3/c1-4-10-20-14-12(17)8-7-9-13(14)19-15(20)16(5-2,6-3)11-18/h7-9H,4-6,10-11,18H2,1-3H3. The fraction of sp³-hybridized carbons (Fsp3) is 0.562. The lowest BCUT2D eigenvalue weighted by Crippen LogP contribution is -2.37. The average molecular weight is 294 g/mol. The Balaban J connectivity index is 2.75. The van der Waals surface area contributed by atoms with Crippen LogP contribution in [0.3, 0.4) is 0 Å². The second kappa shape index (κ2) is 6.15. The van der Waals surface area contributed by atoms with Gasteiger partial charge in [0.2, 0.25) is 0 Å². The van der Waals surface area contributed by atoms with Crippen LogP contribution >= 0.6 is 11.6 Å². The van der Waals surface area contributed by atoms with Crippen molar-refractivity contribution in [1.29, 1.82) is 0 Å². The molecule has 0 unspecified atom stereocenters. The van der Waals surface area contributed by atoms with Crippen molar-refractivity contribution in [3.8, 4) is 0 Å². The Morgan fingerprint density at radius 2 is 1.95 bits per heavy atom. The molecule has 0 atom stereocenters. The zero-order valence-electron chi connectivity index (χ0n) is 12.6. The van der Waals surface area contributed by atoms with E-state index in [0.29, 0.717) is 6.54 Å². The first-order valence-corrected chi connectivity index (χ1v) is 7.86. The molecule has 1 aromatic carbocycles. The zero-order chi connectivity index (χ0) is 14.8. The molecule has 0 fully saturated rings. The number of nitrogens with zero attached hydrogens (tertiary/aromatic N) is 2. The number of aromatic nitrogens is 2. The highest BCUT2D eigenvalue weighted by molar-refractivity contribution is 6.35. The summed E-state index contributed by atoms with van der Waals surface area (Å²) in [5.74, 6) is 1.09. The van der Waals surface area contributed by atoms with Gasteiger partial charge < -0.3 is 10.3 Å². The predicted octanol–water partition coefficient (Wildman–Crippen LogP) is 4.12. The van der Waals surface area contributed by atoms with Crippen molar-refractivity contribution in [2.75, 3.05) is 6.54 Å². The molecule has 0 amide bonds. The van der Waals surface area contributed by atoms with Crippen LogP contribution in [0.15, 0.2) is 18.2 Å². The average Bonchev–Trinajstić information content (AvgIpc) is 2.83. The number of fused-ring (bicyclic) bond motifs is 1. The molecular formula is C16H24ClN3. The molecule has 20 heavy (non-hydrogen) atoms. The number of imidazole rings is 1. The van der Waals surface area contributed by atoms with Gasteiger partial charge in [-0.2, -0.15) is 0 Å². The molecule has 4 heteroatoms. The highest BCUT2D eigenvalue weighted by Crippen LogP contribution is 2.34. The third kappa shape index (κ3) is 2.33. The van der Waals surface area contributed by atoms with Gasteiger partial charge in [0.05, 0.1) is 16.1 Å². The second-order valence-corrected chi connectivity index (χ2v) is 5.79. The lowest BCUT2D eigenvalue weighted by Gasteiger charge is -2.30. The molecule has 0 aliphatic heterocycles. The van der Waals surface area contributed by atoms with Gasteiger partial charge in [0.25, 0.3) is 0 Å². The van der Waals surface area contributed by atoms with E-state index in [1.54, 1.807) is 0 Å². The highest BCUT2D eigenvalue weighted by Gasteiger charge is 2.33. The highest BCUT2D eigenvalue weighted by atomic mass is 35.5. The topological polar surface area (TPSA) is 43.8 Å². The molecule has 0 aliphatic rings. The smallest absolute Gasteiger partial charge is 0.117 e. The number of halogens is 1. The Hall–Kier alpha value is -1.06. The van der Waals surface area contributed by atoms with Crippen LogP contribution in [-0.4, -0.2) is 16.1 Å². The number of para-hydroxylation sites is 1. The van der Waals surface area contributed by atoms with Crippen LogP contribution in [0.4, 0.5) is 0 Å². The molecular weight excluding hydrogens is 270 g/mol. The molecule has 2 aromatic rings. The monoisotopic (exact) mass is 293 g/mol. The van der Waals surface area contributed by atoms with Gasteiger partial charge in [0.1, 0.15) is 5.82 Å². The zero-order valence-corrected chi connectivity index (χ0v) is 13.4. The maximum atomic E-state index is 6.40. The number of benzene rings is 1. The van der Waals surface area contributed by atoms with Crippen LogP contribution in [0.5, 0.6) is 0 Å². The maximum Gasteiger partial charge on any atom is 0.117 e. The second-order valence-electron chi connectivity index (χ2n) is 5.39. The van der Waals surface area contributed by atoms with Crippen LogP contribution in [0.25, 0.3) is 11.0 Å². The van der Waals surface area contributed by atoms with Crippen molar-refractivity contribution < 1.29 is 0 Å². The van der Waals surface area contributed by atoms with Gasteiger partial charge in [-0.25, -0.2) is 4.98 Å². The van der Waals surface area contributed by atoms with Gasteiger partial charge in [-0.1, -0.05) is 38.4 Å². The number of hydrogen-bond donors (Lipinski definition) is 1. The van der Waals surface area contributed by atoms with E-state index in [-0.39, 0.29) is 5.41 Å². The van der Waals surface area contributed by atoms with Crippen molar-refractivity contribution in [1.82, 2.24) is 9.55 Å². The maximum absolute atomic E-state index is 6.40. The molecule has 2 N–H and O–H groups in total. The summed E-state index contributed by atoms with van der Waals surface area (Å²) in [6, 6.07) is 5.92. The Bertz CT molecular complexity index is 576. The first-order chi connectivity index (χ1) is 9.63. The van der Waals surface area contributed by atoms with Crippen molar-refractivity contribution in [2.24, 2.45) is 5.73 Å². The molecule has 0 bridgehead atoms. The van der Waals surface area contributed by atoms with Crippen molar-refractivity contribution in [2.45, 2.75) is 52.0 Å². The van der Waals surface area contributed by atoms with E-state index in [2.05, 4.69) is 25.3 Å². The summed E-state index contributed by atoms with van der Waals surface area (Å²) in [7, 11) is 0. The van der Waals surface area contributed by atoms with Crippen molar-refractivity contribution >= 4 is 22.6 Å². The first-order valence-electron chi connectivity index (χ1n) is 7.48. The Morgan fingerprint density at radius 1 is 1.25 bits per heavy atom. The number of rotatable bonds is 6. The van der Waals surface area contributed by atoms with E-state index >= 15 is 0 Å². The molecule has 0 saturated heterocycles. The Kier molecular flexibility index (Phi) is 4.71. The molecule has 0 spiro atoms. The van der Waals surface area contributed by atoms with E-state index in [1.807, 2.05) is 18.2 Å². The molecule has 3 nitrogen and oxygen atoms in total. The lowest BCUT2D eigenvalue weighted by molar-refractivity contribution is 0.366. The van der Waals surface area contributed by atoms with E-state index in [1.165, 1.54) is 0 Å². The first kappa shape index (κ1) is 15.3. The summed E-state index contributed by atoms with van der Waals surface area (Å²) in [5.41, 5.74) is 8.06. The molecule has 2 rings (SSSR count). The van der Waals surface area contributed by atoms with Gasteiger partial charge in [-0.15, -0.1) is 0 Å². The van der Waals surface area contributed by atoms with Crippen LogP contribution in [0.2, 0.25) is 5.02 Å². The van der Waals surface area contributed by atoms with E-state index in [9.17, 15) is 0 Å². The quantitative estimate of drug-likeness (QED) is 0.871. The fourth-order valence-corrected chi connectivity index (χ4v) is 3.21. The number of hydrogen-bond acceptors (Lipinski definition) is 2. The van der Waals surface area contributed by atoms with Gasteiger partial charge in [-0.3, -0.25) is 0 Å². The summed E-state index contributed by atoms with van der Waals surface area (Å²) >= 11 is 6.40. The number of nitrogens with two attached hydrogens (primary N) is 1. The molecule has 0 aliphatic carbocycles. The minimum Gasteiger partial charge on any atom is -0.329 e. The third-order valence-electron chi connectivity index (χ3n) is 4.38. The fourth-order valence-electron chi connectivity index (χ4n) is 2.93. The molecule has 110 valence electrons. The van der Waals surface area contributed by atoms with Crippen LogP contribution in [-0.2, 0) is 12.0 Å². The largest absolute Gasteiger partial charge is 0.329 e. The minimum atomic E-state index is -0.0580.